The van der Waals surface area contributed by atoms with Crippen LogP contribution in [0.4, 0.5) is 38.0 Å². The van der Waals surface area contributed by atoms with E-state index < -0.39 is 26.9 Å². The fourth-order valence-corrected chi connectivity index (χ4v) is 7.91. The van der Waals surface area contributed by atoms with Gasteiger partial charge in [-0.1, -0.05) is 23.7 Å². The number of aryl methyl sites for hydroxylation is 1. The maximum atomic E-state index is 15.2. The predicted molar refractivity (Wildman–Crippen MR) is 206 cm³/mol. The minimum absolute atomic E-state index is 0.119. The second-order valence-electron chi connectivity index (χ2n) is 14.0. The molecule has 3 N–H and O–H groups in total. The number of amides is 3. The highest BCUT2D eigenvalue weighted by Gasteiger charge is 2.28. The average molecular weight is 779 g/mol. The molecule has 0 bridgehead atoms. The average Bonchev–Trinajstić information content (AvgIpc) is 3.12. The lowest BCUT2D eigenvalue weighted by Crippen LogP contribution is -2.49. The zero-order valence-corrected chi connectivity index (χ0v) is 32.4. The number of imide groups is 1. The summed E-state index contributed by atoms with van der Waals surface area (Å²) in [5.41, 5.74) is 3.85. The third-order valence-corrected chi connectivity index (χ3v) is 11.9. The monoisotopic (exact) mass is 778 g/mol. The van der Waals surface area contributed by atoms with Crippen molar-refractivity contribution in [3.8, 4) is 5.75 Å². The number of anilines is 5. The number of piperidine rings is 1. The lowest BCUT2D eigenvalue weighted by atomic mass is 9.86. The SMILES string of the molecule is Cc1cc(Nc2ncc(Cl)c(Nc3ccccc3S(=O)(=O)C(C)C)n2)c(OC(C)C)cc1C1CCN(Cc2ncc(N3CCC(=O)NC3=O)cc2F)CC1. The molecule has 0 atom stereocenters. The molecular formula is C38H44ClFN8O5S. The van der Waals surface area contributed by atoms with E-state index in [4.69, 9.17) is 16.3 Å². The van der Waals surface area contributed by atoms with Crippen LogP contribution in [0.25, 0.3) is 0 Å². The van der Waals surface area contributed by atoms with Crippen LogP contribution in [-0.2, 0) is 21.2 Å². The van der Waals surface area contributed by atoms with E-state index in [-0.39, 0.29) is 52.6 Å². The molecule has 286 valence electrons. The Hall–Kier alpha value is -4.86. The van der Waals surface area contributed by atoms with E-state index in [0.29, 0.717) is 35.1 Å². The van der Waals surface area contributed by atoms with Crippen molar-refractivity contribution in [2.24, 2.45) is 0 Å². The molecule has 2 aromatic heterocycles. The van der Waals surface area contributed by atoms with Gasteiger partial charge in [-0.3, -0.25) is 24.9 Å². The first-order valence-corrected chi connectivity index (χ1v) is 19.8. The summed E-state index contributed by atoms with van der Waals surface area (Å²) in [4.78, 5) is 40.6. The molecule has 0 spiro atoms. The van der Waals surface area contributed by atoms with Gasteiger partial charge in [0.15, 0.2) is 15.7 Å². The van der Waals surface area contributed by atoms with Gasteiger partial charge in [-0.15, -0.1) is 0 Å². The predicted octanol–water partition coefficient (Wildman–Crippen LogP) is 7.25. The maximum Gasteiger partial charge on any atom is 0.328 e. The van der Waals surface area contributed by atoms with Gasteiger partial charge in [-0.2, -0.15) is 4.98 Å². The minimum Gasteiger partial charge on any atom is -0.489 e. The molecule has 3 amide bonds. The van der Waals surface area contributed by atoms with Crippen molar-refractivity contribution in [1.82, 2.24) is 25.2 Å². The van der Waals surface area contributed by atoms with Crippen LogP contribution in [0.2, 0.25) is 5.02 Å². The topological polar surface area (TPSA) is 159 Å². The van der Waals surface area contributed by atoms with E-state index in [1.165, 1.54) is 23.4 Å². The Kier molecular flexibility index (Phi) is 11.7. The fourth-order valence-electron chi connectivity index (χ4n) is 6.57. The molecule has 2 saturated heterocycles. The summed E-state index contributed by atoms with van der Waals surface area (Å²) in [6.45, 7) is 11.2. The molecule has 4 aromatic rings. The first-order valence-electron chi connectivity index (χ1n) is 17.9. The van der Waals surface area contributed by atoms with Crippen LogP contribution in [0.5, 0.6) is 5.75 Å². The number of ether oxygens (including phenoxy) is 1. The van der Waals surface area contributed by atoms with Crippen LogP contribution < -0.4 is 25.6 Å². The van der Waals surface area contributed by atoms with E-state index in [9.17, 15) is 18.0 Å². The van der Waals surface area contributed by atoms with E-state index in [2.05, 4.69) is 41.9 Å². The number of aromatic nitrogens is 3. The second kappa shape index (κ2) is 16.2. The van der Waals surface area contributed by atoms with Crippen molar-refractivity contribution < 1.29 is 27.1 Å². The molecule has 0 aliphatic carbocycles. The number of carbonyl (C=O) groups excluding carboxylic acids is 2. The van der Waals surface area contributed by atoms with Crippen LogP contribution in [0.15, 0.2) is 59.8 Å². The van der Waals surface area contributed by atoms with Crippen molar-refractivity contribution >= 4 is 62.2 Å². The summed E-state index contributed by atoms with van der Waals surface area (Å²) < 4.78 is 47.5. The van der Waals surface area contributed by atoms with Crippen molar-refractivity contribution in [2.45, 2.75) is 82.6 Å². The summed E-state index contributed by atoms with van der Waals surface area (Å²) >= 11 is 6.48. The number of rotatable bonds is 12. The summed E-state index contributed by atoms with van der Waals surface area (Å²) in [6, 6.07) is 11.4. The van der Waals surface area contributed by atoms with Gasteiger partial charge in [0, 0.05) is 25.6 Å². The van der Waals surface area contributed by atoms with E-state index in [1.807, 2.05) is 26.8 Å². The Labute approximate surface area is 319 Å². The zero-order valence-electron chi connectivity index (χ0n) is 30.8. The number of hydrogen-bond acceptors (Lipinski definition) is 11. The smallest absolute Gasteiger partial charge is 0.328 e. The largest absolute Gasteiger partial charge is 0.489 e. The summed E-state index contributed by atoms with van der Waals surface area (Å²) in [5, 5.41) is 8.22. The van der Waals surface area contributed by atoms with E-state index >= 15 is 4.39 Å². The lowest BCUT2D eigenvalue weighted by molar-refractivity contribution is -0.120. The van der Waals surface area contributed by atoms with Gasteiger partial charge < -0.3 is 15.4 Å². The number of benzene rings is 2. The Morgan fingerprint density at radius 1 is 1.00 bits per heavy atom. The van der Waals surface area contributed by atoms with Crippen LogP contribution in [0.3, 0.4) is 0 Å². The van der Waals surface area contributed by atoms with E-state index in [0.717, 1.165) is 37.1 Å². The molecule has 2 aromatic carbocycles. The van der Waals surface area contributed by atoms with Gasteiger partial charge in [0.2, 0.25) is 11.9 Å². The molecule has 0 radical (unpaired) electrons. The number of nitrogens with zero attached hydrogens (tertiary/aromatic N) is 5. The third kappa shape index (κ3) is 8.74. The molecule has 54 heavy (non-hydrogen) atoms. The van der Waals surface area contributed by atoms with Crippen LogP contribution in [0.1, 0.15) is 69.7 Å². The minimum atomic E-state index is -3.58. The standard InChI is InChI=1S/C38H44ClFN8O5S/c1-22(2)53-33-18-27(25-10-13-47(14-11-25)21-32-29(40)17-26(19-41-32)48-15-12-35(49)45-38(48)50)24(5)16-31(33)44-37-42-20-28(39)36(46-37)43-30-8-6-7-9-34(30)54(51,52)23(3)4/h6-9,16-20,22-23,25H,10-15,21H2,1-5H3,(H,45,49,50)(H2,42,43,44,46). The Morgan fingerprint density at radius 3 is 2.43 bits per heavy atom. The number of likely N-dealkylation sites (tertiary alicyclic amines) is 1. The quantitative estimate of drug-likeness (QED) is 0.133. The van der Waals surface area contributed by atoms with Gasteiger partial charge in [0.1, 0.15) is 16.6 Å². The van der Waals surface area contributed by atoms with Crippen molar-refractivity contribution in [2.75, 3.05) is 35.2 Å². The fraction of sp³-hybridized carbons (Fsp3) is 0.395. The molecule has 2 fully saturated rings. The maximum absolute atomic E-state index is 15.2. The number of hydrogen-bond donors (Lipinski definition) is 3. The summed E-state index contributed by atoms with van der Waals surface area (Å²) in [6.07, 6.45) is 4.64. The number of para-hydroxylation sites is 1. The molecule has 16 heteroatoms. The second-order valence-corrected chi connectivity index (χ2v) is 16.9. The number of carbonyl (C=O) groups is 2. The third-order valence-electron chi connectivity index (χ3n) is 9.46. The van der Waals surface area contributed by atoms with Crippen molar-refractivity contribution in [3.63, 3.8) is 0 Å². The molecular weight excluding hydrogens is 735 g/mol. The van der Waals surface area contributed by atoms with Crippen LogP contribution in [0, 0.1) is 12.7 Å². The molecule has 0 unspecified atom stereocenters. The normalized spacial score (nSPS) is 15.8. The van der Waals surface area contributed by atoms with Gasteiger partial charge in [0.25, 0.3) is 0 Å². The van der Waals surface area contributed by atoms with Gasteiger partial charge >= 0.3 is 6.03 Å². The Morgan fingerprint density at radius 2 is 1.74 bits per heavy atom. The zero-order chi connectivity index (χ0) is 38.7. The molecule has 0 saturated carbocycles. The highest BCUT2D eigenvalue weighted by Crippen LogP contribution is 2.39. The Bertz CT molecular complexity index is 2160. The van der Waals surface area contributed by atoms with Gasteiger partial charge in [-0.05, 0) is 102 Å². The number of sulfone groups is 1. The highest BCUT2D eigenvalue weighted by molar-refractivity contribution is 7.92. The Balaban J connectivity index is 1.15. The molecule has 4 heterocycles. The molecule has 13 nitrogen and oxygen atoms in total. The number of urea groups is 1. The molecule has 2 aliphatic heterocycles. The lowest BCUT2D eigenvalue weighted by Gasteiger charge is -2.33. The van der Waals surface area contributed by atoms with Crippen molar-refractivity contribution in [1.29, 1.82) is 0 Å². The summed E-state index contributed by atoms with van der Waals surface area (Å²) in [7, 11) is -3.58. The van der Waals surface area contributed by atoms with Gasteiger partial charge in [0.05, 0.1) is 51.4 Å². The van der Waals surface area contributed by atoms with Crippen molar-refractivity contribution in [3.05, 3.63) is 82.5 Å². The number of nitrogens with one attached hydrogen (secondary N) is 3. The first-order chi connectivity index (χ1) is 25.7. The first kappa shape index (κ1) is 38.9. The van der Waals surface area contributed by atoms with E-state index in [1.54, 1.807) is 38.1 Å². The summed E-state index contributed by atoms with van der Waals surface area (Å²) in [5.74, 6) is 0.510. The number of halogens is 2. The molecule has 6 rings (SSSR count). The van der Waals surface area contributed by atoms with Crippen LogP contribution in [-0.4, -0.2) is 71.2 Å². The van der Waals surface area contributed by atoms with Crippen LogP contribution >= 0.6 is 11.6 Å². The number of pyridine rings is 1. The van der Waals surface area contributed by atoms with Gasteiger partial charge in [-0.25, -0.2) is 22.6 Å². The highest BCUT2D eigenvalue weighted by atomic mass is 35.5. The molecule has 2 aliphatic rings.